The number of ether oxygens (including phenoxy) is 1. The van der Waals surface area contributed by atoms with E-state index in [1.54, 1.807) is 18.3 Å². The van der Waals surface area contributed by atoms with E-state index in [1.807, 2.05) is 6.07 Å². The fourth-order valence-electron chi connectivity index (χ4n) is 2.28. The van der Waals surface area contributed by atoms with Gasteiger partial charge in [0.25, 0.3) is 0 Å². The van der Waals surface area contributed by atoms with Crippen molar-refractivity contribution in [2.45, 2.75) is 25.3 Å². The molecule has 1 aliphatic heterocycles. The number of esters is 1. The highest BCUT2D eigenvalue weighted by molar-refractivity contribution is 6.29. The van der Waals surface area contributed by atoms with E-state index < -0.39 is 0 Å². The molecule has 0 bridgehead atoms. The van der Waals surface area contributed by atoms with E-state index in [0.29, 0.717) is 17.8 Å². The van der Waals surface area contributed by atoms with Gasteiger partial charge in [-0.1, -0.05) is 17.7 Å². The number of hydrogen-bond acceptors (Lipinski definition) is 4. The van der Waals surface area contributed by atoms with Crippen LogP contribution in [-0.4, -0.2) is 35.0 Å². The predicted octanol–water partition coefficient (Wildman–Crippen LogP) is 2.18. The van der Waals surface area contributed by atoms with Crippen LogP contribution < -0.4 is 0 Å². The Labute approximate surface area is 117 Å². The lowest BCUT2D eigenvalue weighted by Gasteiger charge is -2.24. The van der Waals surface area contributed by atoms with Gasteiger partial charge < -0.3 is 9.64 Å². The standard InChI is InChI=1S/C14H15ClN2O2/c15-13-4-1-10(8-16-13)5-6-17(11-2-3-11)12-7-14(18)19-9-12/h1,4,7-8,11H,2-3,5-6,9H2. The summed E-state index contributed by atoms with van der Waals surface area (Å²) in [5, 5.41) is 0.514. The van der Waals surface area contributed by atoms with Gasteiger partial charge in [-0.3, -0.25) is 0 Å². The Morgan fingerprint density at radius 1 is 1.42 bits per heavy atom. The van der Waals surface area contributed by atoms with E-state index in [0.717, 1.165) is 24.2 Å². The summed E-state index contributed by atoms with van der Waals surface area (Å²) in [4.78, 5) is 17.5. The van der Waals surface area contributed by atoms with Crippen molar-refractivity contribution in [3.63, 3.8) is 0 Å². The van der Waals surface area contributed by atoms with Crippen molar-refractivity contribution in [2.24, 2.45) is 0 Å². The maximum atomic E-state index is 11.2. The van der Waals surface area contributed by atoms with Crippen LogP contribution in [0.4, 0.5) is 0 Å². The van der Waals surface area contributed by atoms with Crippen LogP contribution in [-0.2, 0) is 16.0 Å². The zero-order chi connectivity index (χ0) is 13.2. The molecule has 5 heteroatoms. The van der Waals surface area contributed by atoms with Gasteiger partial charge in [-0.15, -0.1) is 0 Å². The first-order valence-corrected chi connectivity index (χ1v) is 6.84. The highest BCUT2D eigenvalue weighted by Crippen LogP contribution is 2.31. The number of nitrogens with zero attached hydrogens (tertiary/aromatic N) is 2. The lowest BCUT2D eigenvalue weighted by Crippen LogP contribution is -2.28. The second-order valence-corrected chi connectivity index (χ2v) is 5.29. The molecule has 1 aromatic rings. The first kappa shape index (κ1) is 12.5. The van der Waals surface area contributed by atoms with E-state index in [4.69, 9.17) is 16.3 Å². The lowest BCUT2D eigenvalue weighted by atomic mass is 10.2. The Kier molecular flexibility index (Phi) is 3.42. The maximum absolute atomic E-state index is 11.2. The molecule has 0 N–H and O–H groups in total. The minimum Gasteiger partial charge on any atom is -0.456 e. The molecule has 1 aliphatic carbocycles. The average molecular weight is 279 g/mol. The van der Waals surface area contributed by atoms with Crippen molar-refractivity contribution in [3.8, 4) is 0 Å². The molecule has 3 rings (SSSR count). The van der Waals surface area contributed by atoms with E-state index in [1.165, 1.54) is 12.8 Å². The third-order valence-electron chi connectivity index (χ3n) is 3.43. The van der Waals surface area contributed by atoms with Crippen molar-refractivity contribution < 1.29 is 9.53 Å². The molecular formula is C14H15ClN2O2. The molecule has 100 valence electrons. The second-order valence-electron chi connectivity index (χ2n) is 4.91. The van der Waals surface area contributed by atoms with Crippen molar-refractivity contribution in [1.82, 2.24) is 9.88 Å². The smallest absolute Gasteiger partial charge is 0.333 e. The first-order valence-electron chi connectivity index (χ1n) is 6.47. The van der Waals surface area contributed by atoms with Crippen LogP contribution in [0.25, 0.3) is 0 Å². The Hall–Kier alpha value is -1.55. The number of carbonyl (C=O) groups excluding carboxylic acids is 1. The molecule has 0 saturated heterocycles. The maximum Gasteiger partial charge on any atom is 0.333 e. The van der Waals surface area contributed by atoms with Crippen molar-refractivity contribution in [2.75, 3.05) is 13.2 Å². The molecule has 0 atom stereocenters. The number of cyclic esters (lactones) is 1. The van der Waals surface area contributed by atoms with Gasteiger partial charge >= 0.3 is 5.97 Å². The monoisotopic (exact) mass is 278 g/mol. The van der Waals surface area contributed by atoms with Crippen LogP contribution in [0, 0.1) is 0 Å². The Balaban J connectivity index is 1.64. The first-order chi connectivity index (χ1) is 9.22. The van der Waals surface area contributed by atoms with E-state index in [2.05, 4.69) is 9.88 Å². The molecular weight excluding hydrogens is 264 g/mol. The SMILES string of the molecule is O=C1C=C(N(CCc2ccc(Cl)nc2)C2CC2)CO1. The molecule has 1 saturated carbocycles. The summed E-state index contributed by atoms with van der Waals surface area (Å²) >= 11 is 5.77. The number of aromatic nitrogens is 1. The van der Waals surface area contributed by atoms with E-state index in [-0.39, 0.29) is 5.97 Å². The van der Waals surface area contributed by atoms with Crippen molar-refractivity contribution in [1.29, 1.82) is 0 Å². The Morgan fingerprint density at radius 2 is 2.26 bits per heavy atom. The van der Waals surface area contributed by atoms with Gasteiger partial charge in [0.2, 0.25) is 0 Å². The van der Waals surface area contributed by atoms with Gasteiger partial charge in [-0.25, -0.2) is 9.78 Å². The zero-order valence-electron chi connectivity index (χ0n) is 10.5. The van der Waals surface area contributed by atoms with Gasteiger partial charge in [0.1, 0.15) is 11.8 Å². The number of halogens is 1. The van der Waals surface area contributed by atoms with Gasteiger partial charge in [-0.2, -0.15) is 0 Å². The number of carbonyl (C=O) groups is 1. The summed E-state index contributed by atoms with van der Waals surface area (Å²) in [5.74, 6) is -0.228. The third-order valence-corrected chi connectivity index (χ3v) is 3.66. The molecule has 0 spiro atoms. The molecule has 2 aliphatic rings. The van der Waals surface area contributed by atoms with Crippen molar-refractivity contribution >= 4 is 17.6 Å². The van der Waals surface area contributed by atoms with Gasteiger partial charge in [0.05, 0.1) is 5.70 Å². The molecule has 0 amide bonds. The lowest BCUT2D eigenvalue weighted by molar-refractivity contribution is -0.135. The third kappa shape index (κ3) is 3.07. The highest BCUT2D eigenvalue weighted by Gasteiger charge is 2.32. The normalized spacial score (nSPS) is 18.2. The molecule has 19 heavy (non-hydrogen) atoms. The molecule has 0 unspecified atom stereocenters. The number of pyridine rings is 1. The van der Waals surface area contributed by atoms with Crippen LogP contribution >= 0.6 is 11.6 Å². The average Bonchev–Trinajstić information content (AvgIpc) is 3.15. The number of rotatable bonds is 5. The molecule has 4 nitrogen and oxygen atoms in total. The predicted molar refractivity (Wildman–Crippen MR) is 71.7 cm³/mol. The molecule has 1 fully saturated rings. The zero-order valence-corrected chi connectivity index (χ0v) is 11.3. The topological polar surface area (TPSA) is 42.4 Å². The minimum absolute atomic E-state index is 0.228. The largest absolute Gasteiger partial charge is 0.456 e. The Bertz CT molecular complexity index is 509. The minimum atomic E-state index is -0.228. The van der Waals surface area contributed by atoms with Crippen LogP contribution in [0.3, 0.4) is 0 Å². The van der Waals surface area contributed by atoms with Crippen LogP contribution in [0.15, 0.2) is 30.1 Å². The summed E-state index contributed by atoms with van der Waals surface area (Å²) in [6, 6.07) is 4.37. The van der Waals surface area contributed by atoms with Crippen LogP contribution in [0.2, 0.25) is 5.15 Å². The van der Waals surface area contributed by atoms with Gasteiger partial charge in [0.15, 0.2) is 0 Å². The summed E-state index contributed by atoms with van der Waals surface area (Å²) in [6.07, 6.45) is 6.71. The van der Waals surface area contributed by atoms with Crippen LogP contribution in [0.5, 0.6) is 0 Å². The van der Waals surface area contributed by atoms with Crippen molar-refractivity contribution in [3.05, 3.63) is 40.8 Å². The van der Waals surface area contributed by atoms with E-state index in [9.17, 15) is 4.79 Å². The molecule has 2 heterocycles. The fourth-order valence-corrected chi connectivity index (χ4v) is 2.39. The molecule has 0 aromatic carbocycles. The van der Waals surface area contributed by atoms with Crippen LogP contribution in [0.1, 0.15) is 18.4 Å². The van der Waals surface area contributed by atoms with E-state index >= 15 is 0 Å². The quantitative estimate of drug-likeness (QED) is 0.612. The Morgan fingerprint density at radius 3 is 2.84 bits per heavy atom. The second kappa shape index (κ2) is 5.21. The highest BCUT2D eigenvalue weighted by atomic mass is 35.5. The summed E-state index contributed by atoms with van der Waals surface area (Å²) < 4.78 is 4.99. The molecule has 0 radical (unpaired) electrons. The molecule has 1 aromatic heterocycles. The summed E-state index contributed by atoms with van der Waals surface area (Å²) in [7, 11) is 0. The summed E-state index contributed by atoms with van der Waals surface area (Å²) in [6.45, 7) is 1.30. The number of hydrogen-bond donors (Lipinski definition) is 0. The van der Waals surface area contributed by atoms with Gasteiger partial charge in [0, 0.05) is 24.9 Å². The summed E-state index contributed by atoms with van der Waals surface area (Å²) in [5.41, 5.74) is 2.16. The fraction of sp³-hybridized carbons (Fsp3) is 0.429. The van der Waals surface area contributed by atoms with Gasteiger partial charge in [-0.05, 0) is 30.9 Å².